The van der Waals surface area contributed by atoms with Crippen molar-refractivity contribution in [2.75, 3.05) is 26.1 Å². The summed E-state index contributed by atoms with van der Waals surface area (Å²) in [6, 6.07) is 11.6. The molecular weight excluding hydrogens is 320 g/mol. The number of carbonyl (C=O) groups is 2. The van der Waals surface area contributed by atoms with Crippen LogP contribution in [0.3, 0.4) is 0 Å². The maximum Gasteiger partial charge on any atom is 0.255 e. The Labute approximate surface area is 146 Å². The second kappa shape index (κ2) is 8.54. The standard InChI is InChI=1S/C19H20N2O4/c1-4-10-20-18(22)13-6-5-7-14(11-13)19(23)21-16-12-15(24-2)8-9-17(16)25-3/h4-9,11-12H,1,10H2,2-3H3,(H,20,22)(H,21,23). The van der Waals surface area contributed by atoms with Gasteiger partial charge < -0.3 is 20.1 Å². The third kappa shape index (κ3) is 4.60. The van der Waals surface area contributed by atoms with Crippen LogP contribution in [0.5, 0.6) is 11.5 Å². The number of methoxy groups -OCH3 is 2. The highest BCUT2D eigenvalue weighted by Crippen LogP contribution is 2.29. The third-order valence-electron chi connectivity index (χ3n) is 3.45. The Morgan fingerprint density at radius 2 is 1.76 bits per heavy atom. The lowest BCUT2D eigenvalue weighted by molar-refractivity contribution is 0.0958. The fourth-order valence-electron chi connectivity index (χ4n) is 2.17. The molecule has 0 aliphatic carbocycles. The van der Waals surface area contributed by atoms with Crippen LogP contribution in [-0.4, -0.2) is 32.6 Å². The molecule has 0 aliphatic rings. The van der Waals surface area contributed by atoms with Gasteiger partial charge in [0.05, 0.1) is 19.9 Å². The highest BCUT2D eigenvalue weighted by molar-refractivity contribution is 6.06. The van der Waals surface area contributed by atoms with Crippen molar-refractivity contribution in [2.24, 2.45) is 0 Å². The van der Waals surface area contributed by atoms with Crippen LogP contribution in [-0.2, 0) is 0 Å². The predicted molar refractivity (Wildman–Crippen MR) is 96.5 cm³/mol. The van der Waals surface area contributed by atoms with E-state index in [1.807, 2.05) is 0 Å². The van der Waals surface area contributed by atoms with E-state index in [0.29, 0.717) is 34.9 Å². The van der Waals surface area contributed by atoms with E-state index in [1.54, 1.807) is 49.6 Å². The van der Waals surface area contributed by atoms with Crippen molar-refractivity contribution in [3.05, 3.63) is 66.2 Å². The van der Waals surface area contributed by atoms with E-state index in [2.05, 4.69) is 17.2 Å². The van der Waals surface area contributed by atoms with Crippen LogP contribution in [0.2, 0.25) is 0 Å². The van der Waals surface area contributed by atoms with Crippen molar-refractivity contribution >= 4 is 17.5 Å². The normalized spacial score (nSPS) is 9.84. The molecule has 130 valence electrons. The average molecular weight is 340 g/mol. The minimum Gasteiger partial charge on any atom is -0.497 e. The summed E-state index contributed by atoms with van der Waals surface area (Å²) in [5.74, 6) is 0.473. The number of ether oxygens (including phenoxy) is 2. The third-order valence-corrected chi connectivity index (χ3v) is 3.45. The Bertz CT molecular complexity index is 787. The summed E-state index contributed by atoms with van der Waals surface area (Å²) in [5.41, 5.74) is 1.23. The second-order valence-corrected chi connectivity index (χ2v) is 5.10. The molecule has 0 heterocycles. The number of anilines is 1. The summed E-state index contributed by atoms with van der Waals surface area (Å²) in [4.78, 5) is 24.5. The molecule has 25 heavy (non-hydrogen) atoms. The van der Waals surface area contributed by atoms with E-state index in [0.717, 1.165) is 0 Å². The van der Waals surface area contributed by atoms with Gasteiger partial charge in [-0.2, -0.15) is 0 Å². The SMILES string of the molecule is C=CCNC(=O)c1cccc(C(=O)Nc2cc(OC)ccc2OC)c1. The van der Waals surface area contributed by atoms with Crippen molar-refractivity contribution in [1.82, 2.24) is 5.32 Å². The summed E-state index contributed by atoms with van der Waals surface area (Å²) < 4.78 is 10.4. The number of hydrogen-bond acceptors (Lipinski definition) is 4. The maximum absolute atomic E-state index is 12.5. The minimum absolute atomic E-state index is 0.270. The Morgan fingerprint density at radius 3 is 2.40 bits per heavy atom. The Hall–Kier alpha value is -3.28. The molecule has 2 amide bonds. The molecule has 0 unspecified atom stereocenters. The molecule has 0 saturated carbocycles. The van der Waals surface area contributed by atoms with Gasteiger partial charge in [0.1, 0.15) is 11.5 Å². The lowest BCUT2D eigenvalue weighted by Crippen LogP contribution is -2.23. The molecule has 0 aliphatic heterocycles. The van der Waals surface area contributed by atoms with Crippen molar-refractivity contribution in [2.45, 2.75) is 0 Å². The maximum atomic E-state index is 12.5. The van der Waals surface area contributed by atoms with E-state index >= 15 is 0 Å². The van der Waals surface area contributed by atoms with Crippen LogP contribution >= 0.6 is 0 Å². The van der Waals surface area contributed by atoms with Crippen LogP contribution in [0, 0.1) is 0 Å². The molecule has 0 fully saturated rings. The lowest BCUT2D eigenvalue weighted by atomic mass is 10.1. The molecule has 2 N–H and O–H groups in total. The molecule has 6 nitrogen and oxygen atoms in total. The Kier molecular flexibility index (Phi) is 6.17. The van der Waals surface area contributed by atoms with E-state index in [4.69, 9.17) is 9.47 Å². The van der Waals surface area contributed by atoms with Gasteiger partial charge in [-0.15, -0.1) is 6.58 Å². The molecule has 0 bridgehead atoms. The number of hydrogen-bond donors (Lipinski definition) is 2. The predicted octanol–water partition coefficient (Wildman–Crippen LogP) is 2.87. The number of carbonyl (C=O) groups excluding carboxylic acids is 2. The van der Waals surface area contributed by atoms with Gasteiger partial charge in [-0.1, -0.05) is 12.1 Å². The number of benzene rings is 2. The zero-order chi connectivity index (χ0) is 18.2. The molecule has 0 spiro atoms. The van der Waals surface area contributed by atoms with Crippen LogP contribution in [0.15, 0.2) is 55.1 Å². The zero-order valence-electron chi connectivity index (χ0n) is 14.2. The van der Waals surface area contributed by atoms with E-state index < -0.39 is 0 Å². The summed E-state index contributed by atoms with van der Waals surface area (Å²) in [7, 11) is 3.06. The molecule has 2 rings (SSSR count). The summed E-state index contributed by atoms with van der Waals surface area (Å²) in [6.07, 6.45) is 1.59. The molecule has 2 aromatic rings. The highest BCUT2D eigenvalue weighted by atomic mass is 16.5. The van der Waals surface area contributed by atoms with Crippen molar-refractivity contribution < 1.29 is 19.1 Å². The van der Waals surface area contributed by atoms with Gasteiger partial charge in [0.15, 0.2) is 0 Å². The quantitative estimate of drug-likeness (QED) is 0.760. The van der Waals surface area contributed by atoms with E-state index in [-0.39, 0.29) is 11.8 Å². The first kappa shape index (κ1) is 18.1. The first-order chi connectivity index (χ1) is 12.1. The first-order valence-corrected chi connectivity index (χ1v) is 7.61. The van der Waals surface area contributed by atoms with Crippen LogP contribution in [0.25, 0.3) is 0 Å². The largest absolute Gasteiger partial charge is 0.497 e. The Morgan fingerprint density at radius 1 is 1.04 bits per heavy atom. The number of amides is 2. The van der Waals surface area contributed by atoms with Gasteiger partial charge in [0, 0.05) is 23.7 Å². The van der Waals surface area contributed by atoms with Crippen molar-refractivity contribution in [3.63, 3.8) is 0 Å². The second-order valence-electron chi connectivity index (χ2n) is 5.10. The fourth-order valence-corrected chi connectivity index (χ4v) is 2.17. The number of nitrogens with one attached hydrogen (secondary N) is 2. The van der Waals surface area contributed by atoms with Crippen molar-refractivity contribution in [1.29, 1.82) is 0 Å². The fraction of sp³-hybridized carbons (Fsp3) is 0.158. The molecule has 0 saturated heterocycles. The number of rotatable bonds is 7. The van der Waals surface area contributed by atoms with Gasteiger partial charge in [-0.3, -0.25) is 9.59 Å². The molecule has 0 atom stereocenters. The minimum atomic E-state index is -0.357. The summed E-state index contributed by atoms with van der Waals surface area (Å²) in [5, 5.41) is 5.44. The summed E-state index contributed by atoms with van der Waals surface area (Å²) in [6.45, 7) is 3.91. The van der Waals surface area contributed by atoms with Gasteiger partial charge in [-0.05, 0) is 30.3 Å². The van der Waals surface area contributed by atoms with E-state index in [9.17, 15) is 9.59 Å². The topological polar surface area (TPSA) is 76.7 Å². The molecule has 0 aromatic heterocycles. The highest BCUT2D eigenvalue weighted by Gasteiger charge is 2.13. The first-order valence-electron chi connectivity index (χ1n) is 7.61. The summed E-state index contributed by atoms with van der Waals surface area (Å²) >= 11 is 0. The van der Waals surface area contributed by atoms with Crippen molar-refractivity contribution in [3.8, 4) is 11.5 Å². The molecular formula is C19H20N2O4. The van der Waals surface area contributed by atoms with E-state index in [1.165, 1.54) is 13.2 Å². The average Bonchev–Trinajstić information content (AvgIpc) is 2.66. The van der Waals surface area contributed by atoms with Gasteiger partial charge >= 0.3 is 0 Å². The van der Waals surface area contributed by atoms with Crippen LogP contribution < -0.4 is 20.1 Å². The smallest absolute Gasteiger partial charge is 0.255 e. The molecule has 0 radical (unpaired) electrons. The Balaban J connectivity index is 2.21. The lowest BCUT2D eigenvalue weighted by Gasteiger charge is -2.12. The molecule has 2 aromatic carbocycles. The van der Waals surface area contributed by atoms with Gasteiger partial charge in [-0.25, -0.2) is 0 Å². The monoisotopic (exact) mass is 340 g/mol. The molecule has 6 heteroatoms. The zero-order valence-corrected chi connectivity index (χ0v) is 14.2. The van der Waals surface area contributed by atoms with Gasteiger partial charge in [0.2, 0.25) is 0 Å². The van der Waals surface area contributed by atoms with Crippen LogP contribution in [0.1, 0.15) is 20.7 Å². The van der Waals surface area contributed by atoms with Crippen LogP contribution in [0.4, 0.5) is 5.69 Å². The van der Waals surface area contributed by atoms with Gasteiger partial charge in [0.25, 0.3) is 11.8 Å².